The Hall–Kier alpha value is -0.580. The van der Waals surface area contributed by atoms with Gasteiger partial charge in [0.1, 0.15) is 0 Å². The standard InChI is InChI=1S/C9H18N2O2S/c1-4-5-6-14-8(2)9(12)11(3)7-10-13/h8H,4-7H2,1-3H3. The summed E-state index contributed by atoms with van der Waals surface area (Å²) in [6.07, 6.45) is 2.26. The number of nitroso groups, excluding NO2 is 1. The van der Waals surface area contributed by atoms with Gasteiger partial charge in [-0.05, 0) is 24.3 Å². The molecule has 0 aromatic rings. The van der Waals surface area contributed by atoms with Crippen molar-refractivity contribution in [3.8, 4) is 0 Å². The fourth-order valence-corrected chi connectivity index (χ4v) is 2.07. The molecule has 5 heteroatoms. The van der Waals surface area contributed by atoms with Gasteiger partial charge in [0.05, 0.1) is 5.25 Å². The quantitative estimate of drug-likeness (QED) is 0.485. The second-order valence-electron chi connectivity index (χ2n) is 3.17. The van der Waals surface area contributed by atoms with Crippen molar-refractivity contribution < 1.29 is 4.79 Å². The molecule has 0 fully saturated rings. The molecular formula is C9H18N2O2S. The lowest BCUT2D eigenvalue weighted by molar-refractivity contribution is -0.128. The van der Waals surface area contributed by atoms with Crippen molar-refractivity contribution in [3.05, 3.63) is 4.91 Å². The van der Waals surface area contributed by atoms with Crippen LogP contribution in [0.4, 0.5) is 0 Å². The Kier molecular flexibility index (Phi) is 7.47. The maximum absolute atomic E-state index is 11.5. The Morgan fingerprint density at radius 2 is 2.21 bits per heavy atom. The van der Waals surface area contributed by atoms with Gasteiger partial charge in [0.2, 0.25) is 5.91 Å². The summed E-state index contributed by atoms with van der Waals surface area (Å²) in [6.45, 7) is 3.93. The summed E-state index contributed by atoms with van der Waals surface area (Å²) < 4.78 is 0. The number of hydrogen-bond donors (Lipinski definition) is 0. The molecule has 0 N–H and O–H groups in total. The summed E-state index contributed by atoms with van der Waals surface area (Å²) in [5, 5.41) is 2.61. The monoisotopic (exact) mass is 218 g/mol. The number of carbonyl (C=O) groups is 1. The lowest BCUT2D eigenvalue weighted by Gasteiger charge is -2.17. The van der Waals surface area contributed by atoms with Crippen LogP contribution >= 0.6 is 11.8 Å². The summed E-state index contributed by atoms with van der Waals surface area (Å²) in [6, 6.07) is 0. The molecule has 14 heavy (non-hydrogen) atoms. The molecule has 0 aromatic heterocycles. The first-order valence-electron chi connectivity index (χ1n) is 4.79. The zero-order valence-electron chi connectivity index (χ0n) is 9.02. The van der Waals surface area contributed by atoms with Crippen LogP contribution in [0.5, 0.6) is 0 Å². The molecule has 0 radical (unpaired) electrons. The Bertz CT molecular complexity index is 188. The van der Waals surface area contributed by atoms with Gasteiger partial charge in [-0.1, -0.05) is 13.3 Å². The normalized spacial score (nSPS) is 12.2. The van der Waals surface area contributed by atoms with E-state index in [2.05, 4.69) is 12.1 Å². The van der Waals surface area contributed by atoms with Crippen molar-refractivity contribution in [1.29, 1.82) is 0 Å². The van der Waals surface area contributed by atoms with Gasteiger partial charge < -0.3 is 4.90 Å². The molecule has 1 amide bonds. The summed E-state index contributed by atoms with van der Waals surface area (Å²) >= 11 is 1.63. The van der Waals surface area contributed by atoms with Crippen LogP contribution in [0.1, 0.15) is 26.7 Å². The van der Waals surface area contributed by atoms with Crippen molar-refractivity contribution in [2.45, 2.75) is 31.9 Å². The lowest BCUT2D eigenvalue weighted by Crippen LogP contribution is -2.33. The summed E-state index contributed by atoms with van der Waals surface area (Å²) in [7, 11) is 1.60. The molecule has 0 saturated carbocycles. The van der Waals surface area contributed by atoms with Crippen LogP contribution in [0.2, 0.25) is 0 Å². The molecule has 0 aliphatic rings. The molecule has 1 atom stereocenters. The maximum Gasteiger partial charge on any atom is 0.236 e. The van der Waals surface area contributed by atoms with Crippen LogP contribution < -0.4 is 0 Å². The van der Waals surface area contributed by atoms with E-state index < -0.39 is 0 Å². The fraction of sp³-hybridized carbons (Fsp3) is 0.889. The highest BCUT2D eigenvalue weighted by Gasteiger charge is 2.17. The molecule has 0 aliphatic carbocycles. The SMILES string of the molecule is CCCCSC(C)C(=O)N(C)CN=O. The highest BCUT2D eigenvalue weighted by atomic mass is 32.2. The van der Waals surface area contributed by atoms with Crippen LogP contribution in [-0.4, -0.2) is 35.5 Å². The van der Waals surface area contributed by atoms with E-state index in [9.17, 15) is 9.70 Å². The Balaban J connectivity index is 3.79. The highest BCUT2D eigenvalue weighted by Crippen LogP contribution is 2.14. The minimum Gasteiger partial charge on any atom is -0.322 e. The van der Waals surface area contributed by atoms with E-state index in [0.29, 0.717) is 0 Å². The molecule has 0 rings (SSSR count). The fourth-order valence-electron chi connectivity index (χ4n) is 0.942. The van der Waals surface area contributed by atoms with Gasteiger partial charge in [0, 0.05) is 7.05 Å². The molecule has 4 nitrogen and oxygen atoms in total. The minimum absolute atomic E-state index is 0.0225. The van der Waals surface area contributed by atoms with Crippen molar-refractivity contribution in [3.63, 3.8) is 0 Å². The van der Waals surface area contributed by atoms with Gasteiger partial charge >= 0.3 is 0 Å². The van der Waals surface area contributed by atoms with Gasteiger partial charge in [-0.2, -0.15) is 0 Å². The van der Waals surface area contributed by atoms with E-state index in [1.165, 1.54) is 4.90 Å². The molecule has 0 heterocycles. The number of rotatable bonds is 7. The van der Waals surface area contributed by atoms with Crippen LogP contribution in [0, 0.1) is 4.91 Å². The zero-order chi connectivity index (χ0) is 11.0. The second-order valence-corrected chi connectivity index (χ2v) is 4.62. The third kappa shape index (κ3) is 5.21. The van der Waals surface area contributed by atoms with Gasteiger partial charge in [-0.25, -0.2) is 0 Å². The van der Waals surface area contributed by atoms with E-state index in [0.717, 1.165) is 18.6 Å². The van der Waals surface area contributed by atoms with Crippen LogP contribution in [0.25, 0.3) is 0 Å². The largest absolute Gasteiger partial charge is 0.322 e. The molecule has 0 aliphatic heterocycles. The van der Waals surface area contributed by atoms with E-state index in [-0.39, 0.29) is 17.8 Å². The molecular weight excluding hydrogens is 200 g/mol. The van der Waals surface area contributed by atoms with Crippen molar-refractivity contribution in [2.75, 3.05) is 19.5 Å². The average Bonchev–Trinajstić information content (AvgIpc) is 2.17. The van der Waals surface area contributed by atoms with Gasteiger partial charge in [0.15, 0.2) is 6.67 Å². The molecule has 0 saturated heterocycles. The Morgan fingerprint density at radius 3 is 2.71 bits per heavy atom. The van der Waals surface area contributed by atoms with Crippen LogP contribution in [0.15, 0.2) is 5.18 Å². The maximum atomic E-state index is 11.5. The van der Waals surface area contributed by atoms with Crippen LogP contribution in [-0.2, 0) is 4.79 Å². The van der Waals surface area contributed by atoms with E-state index in [4.69, 9.17) is 0 Å². The van der Waals surface area contributed by atoms with E-state index >= 15 is 0 Å². The van der Waals surface area contributed by atoms with Gasteiger partial charge in [0.25, 0.3) is 0 Å². The Labute approximate surface area is 89.4 Å². The van der Waals surface area contributed by atoms with E-state index in [1.54, 1.807) is 18.8 Å². The molecule has 0 aromatic carbocycles. The highest BCUT2D eigenvalue weighted by molar-refractivity contribution is 8.00. The summed E-state index contributed by atoms with van der Waals surface area (Å²) in [5.74, 6) is 0.969. The first-order chi connectivity index (χ1) is 6.63. The smallest absolute Gasteiger partial charge is 0.236 e. The molecule has 0 spiro atoms. The molecule has 0 bridgehead atoms. The first kappa shape index (κ1) is 13.4. The van der Waals surface area contributed by atoms with Gasteiger partial charge in [-0.15, -0.1) is 16.7 Å². The molecule has 1 unspecified atom stereocenters. The number of nitrogens with zero attached hydrogens (tertiary/aromatic N) is 2. The van der Waals surface area contributed by atoms with Crippen molar-refractivity contribution in [1.82, 2.24) is 4.90 Å². The average molecular weight is 218 g/mol. The third-order valence-electron chi connectivity index (χ3n) is 1.86. The van der Waals surface area contributed by atoms with Crippen LogP contribution in [0.3, 0.4) is 0 Å². The first-order valence-corrected chi connectivity index (χ1v) is 5.84. The zero-order valence-corrected chi connectivity index (χ0v) is 9.84. The predicted octanol–water partition coefficient (Wildman–Crippen LogP) is 2.09. The van der Waals surface area contributed by atoms with E-state index in [1.807, 2.05) is 6.92 Å². The third-order valence-corrected chi connectivity index (χ3v) is 3.09. The number of carbonyl (C=O) groups excluding carboxylic acids is 1. The number of amides is 1. The summed E-state index contributed by atoms with van der Waals surface area (Å²) in [5.41, 5.74) is 0. The van der Waals surface area contributed by atoms with Crippen molar-refractivity contribution in [2.24, 2.45) is 5.18 Å². The predicted molar refractivity (Wildman–Crippen MR) is 60.3 cm³/mol. The minimum atomic E-state index is -0.0756. The summed E-state index contributed by atoms with van der Waals surface area (Å²) in [4.78, 5) is 22.8. The molecule has 82 valence electrons. The van der Waals surface area contributed by atoms with Crippen molar-refractivity contribution >= 4 is 17.7 Å². The number of hydrogen-bond acceptors (Lipinski definition) is 4. The lowest BCUT2D eigenvalue weighted by atomic mass is 10.4. The Morgan fingerprint density at radius 1 is 1.57 bits per heavy atom. The second kappa shape index (κ2) is 7.79. The number of unbranched alkanes of at least 4 members (excludes halogenated alkanes) is 1. The topological polar surface area (TPSA) is 49.7 Å². The number of thioether (sulfide) groups is 1. The van der Waals surface area contributed by atoms with Gasteiger partial charge in [-0.3, -0.25) is 4.79 Å².